The molecular weight excluding hydrogens is 298 g/mol. The maximum Gasteiger partial charge on any atom is 0.251 e. The van der Waals surface area contributed by atoms with E-state index in [9.17, 15) is 4.79 Å². The summed E-state index contributed by atoms with van der Waals surface area (Å²) in [5.74, 6) is 0.662. The first-order chi connectivity index (χ1) is 10.2. The molecular formula is C17H28ClN3O. The fraction of sp³-hybridized carbons (Fsp3) is 0.588. The van der Waals surface area contributed by atoms with E-state index in [1.54, 1.807) is 0 Å². The number of likely N-dealkylation sites (tertiary alicyclic amines) is 1. The smallest absolute Gasteiger partial charge is 0.251 e. The number of likely N-dealkylation sites (N-methyl/N-ethyl adjacent to an activating group) is 1. The van der Waals surface area contributed by atoms with Gasteiger partial charge in [-0.2, -0.15) is 0 Å². The van der Waals surface area contributed by atoms with E-state index >= 15 is 0 Å². The highest BCUT2D eigenvalue weighted by atomic mass is 35.5. The van der Waals surface area contributed by atoms with Crippen LogP contribution in [0.25, 0.3) is 0 Å². The van der Waals surface area contributed by atoms with Crippen molar-refractivity contribution < 1.29 is 4.79 Å². The maximum atomic E-state index is 12.4. The summed E-state index contributed by atoms with van der Waals surface area (Å²) in [7, 11) is 1.93. The lowest BCUT2D eigenvalue weighted by Crippen LogP contribution is -2.31. The van der Waals surface area contributed by atoms with Crippen LogP contribution in [0.15, 0.2) is 24.3 Å². The van der Waals surface area contributed by atoms with E-state index in [-0.39, 0.29) is 18.3 Å². The summed E-state index contributed by atoms with van der Waals surface area (Å²) >= 11 is 0. The Morgan fingerprint density at radius 2 is 2.14 bits per heavy atom. The molecule has 1 heterocycles. The predicted molar refractivity (Wildman–Crippen MR) is 93.9 cm³/mol. The fourth-order valence-electron chi connectivity index (χ4n) is 2.92. The average Bonchev–Trinajstić information content (AvgIpc) is 2.99. The molecule has 22 heavy (non-hydrogen) atoms. The van der Waals surface area contributed by atoms with Crippen LogP contribution in [0.3, 0.4) is 0 Å². The zero-order valence-electron chi connectivity index (χ0n) is 13.6. The molecule has 0 bridgehead atoms. The molecule has 1 aromatic rings. The van der Waals surface area contributed by atoms with Crippen molar-refractivity contribution in [1.82, 2.24) is 15.5 Å². The highest BCUT2D eigenvalue weighted by molar-refractivity contribution is 5.95. The molecule has 1 saturated heterocycles. The Kier molecular flexibility index (Phi) is 8.46. The average molecular weight is 326 g/mol. The molecule has 1 aliphatic heterocycles. The van der Waals surface area contributed by atoms with Crippen molar-refractivity contribution in [3.8, 4) is 0 Å². The number of carbonyl (C=O) groups is 1. The summed E-state index contributed by atoms with van der Waals surface area (Å²) in [5, 5.41) is 6.25. The van der Waals surface area contributed by atoms with Crippen LogP contribution in [0.5, 0.6) is 0 Å². The van der Waals surface area contributed by atoms with Crippen molar-refractivity contribution in [3.63, 3.8) is 0 Å². The Labute approximate surface area is 140 Å². The number of nitrogens with zero attached hydrogens (tertiary/aromatic N) is 1. The number of hydrogen-bond acceptors (Lipinski definition) is 3. The molecule has 0 radical (unpaired) electrons. The maximum absolute atomic E-state index is 12.4. The lowest BCUT2D eigenvalue weighted by Gasteiger charge is -2.15. The number of amides is 1. The Morgan fingerprint density at radius 3 is 2.82 bits per heavy atom. The van der Waals surface area contributed by atoms with Gasteiger partial charge in [0, 0.05) is 18.7 Å². The van der Waals surface area contributed by atoms with Crippen molar-refractivity contribution in [2.24, 2.45) is 5.92 Å². The van der Waals surface area contributed by atoms with Gasteiger partial charge in [-0.15, -0.1) is 12.4 Å². The van der Waals surface area contributed by atoms with Crippen LogP contribution >= 0.6 is 12.4 Å². The van der Waals surface area contributed by atoms with Gasteiger partial charge in [-0.05, 0) is 57.1 Å². The minimum atomic E-state index is 0. The summed E-state index contributed by atoms with van der Waals surface area (Å²) in [6.07, 6.45) is 2.07. The SMILES string of the molecule is CCN1CCC(CNC(=O)c2ccccc2CCNC)C1.Cl. The monoisotopic (exact) mass is 325 g/mol. The zero-order chi connectivity index (χ0) is 15.1. The molecule has 2 rings (SSSR count). The molecule has 1 unspecified atom stereocenters. The third-order valence-electron chi connectivity index (χ3n) is 4.27. The molecule has 0 saturated carbocycles. The van der Waals surface area contributed by atoms with E-state index in [4.69, 9.17) is 0 Å². The number of nitrogens with one attached hydrogen (secondary N) is 2. The van der Waals surface area contributed by atoms with E-state index in [2.05, 4.69) is 22.5 Å². The van der Waals surface area contributed by atoms with E-state index in [0.29, 0.717) is 5.92 Å². The van der Waals surface area contributed by atoms with Gasteiger partial charge in [0.15, 0.2) is 0 Å². The number of halogens is 1. The summed E-state index contributed by atoms with van der Waals surface area (Å²) < 4.78 is 0. The molecule has 0 spiro atoms. The van der Waals surface area contributed by atoms with Crippen LogP contribution in [-0.4, -0.2) is 50.6 Å². The first-order valence-electron chi connectivity index (χ1n) is 7.97. The molecule has 5 heteroatoms. The van der Waals surface area contributed by atoms with E-state index in [1.165, 1.54) is 6.42 Å². The number of rotatable bonds is 7. The zero-order valence-corrected chi connectivity index (χ0v) is 14.4. The first-order valence-corrected chi connectivity index (χ1v) is 7.97. The van der Waals surface area contributed by atoms with Gasteiger partial charge in [-0.3, -0.25) is 4.79 Å². The van der Waals surface area contributed by atoms with Gasteiger partial charge in [0.05, 0.1) is 0 Å². The van der Waals surface area contributed by atoms with Gasteiger partial charge in [0.1, 0.15) is 0 Å². The van der Waals surface area contributed by atoms with Crippen LogP contribution in [-0.2, 0) is 6.42 Å². The summed E-state index contributed by atoms with van der Waals surface area (Å²) in [6.45, 7) is 7.25. The molecule has 0 aromatic heterocycles. The molecule has 1 aliphatic rings. The number of carbonyl (C=O) groups excluding carboxylic acids is 1. The van der Waals surface area contributed by atoms with Crippen LogP contribution < -0.4 is 10.6 Å². The van der Waals surface area contributed by atoms with E-state index in [1.807, 2.05) is 31.3 Å². The largest absolute Gasteiger partial charge is 0.352 e. The van der Waals surface area contributed by atoms with Crippen molar-refractivity contribution in [1.29, 1.82) is 0 Å². The number of benzene rings is 1. The standard InChI is InChI=1S/C17H27N3O.ClH/c1-3-20-11-9-14(13-20)12-19-17(21)16-7-5-4-6-15(16)8-10-18-2;/h4-7,14,18H,3,8-13H2,1-2H3,(H,19,21);1H. The third kappa shape index (κ3) is 5.27. The second-order valence-corrected chi connectivity index (χ2v) is 5.77. The molecule has 1 atom stereocenters. The lowest BCUT2D eigenvalue weighted by atomic mass is 10.0. The highest BCUT2D eigenvalue weighted by Gasteiger charge is 2.21. The second-order valence-electron chi connectivity index (χ2n) is 5.77. The quantitative estimate of drug-likeness (QED) is 0.805. The normalized spacial score (nSPS) is 18.0. The third-order valence-corrected chi connectivity index (χ3v) is 4.27. The minimum Gasteiger partial charge on any atom is -0.352 e. The summed E-state index contributed by atoms with van der Waals surface area (Å²) in [6, 6.07) is 7.90. The van der Waals surface area contributed by atoms with E-state index < -0.39 is 0 Å². The molecule has 1 amide bonds. The minimum absolute atomic E-state index is 0. The molecule has 1 fully saturated rings. The number of hydrogen-bond donors (Lipinski definition) is 2. The van der Waals surface area contributed by atoms with Gasteiger partial charge in [0.2, 0.25) is 0 Å². The van der Waals surface area contributed by atoms with Crippen LogP contribution in [0.1, 0.15) is 29.3 Å². The summed E-state index contributed by atoms with van der Waals surface area (Å²) in [5.41, 5.74) is 1.93. The Morgan fingerprint density at radius 1 is 1.36 bits per heavy atom. The molecule has 4 nitrogen and oxygen atoms in total. The van der Waals surface area contributed by atoms with Crippen LogP contribution in [0.2, 0.25) is 0 Å². The fourth-order valence-corrected chi connectivity index (χ4v) is 2.92. The Bertz CT molecular complexity index is 467. The van der Waals surface area contributed by atoms with Gasteiger partial charge < -0.3 is 15.5 Å². The lowest BCUT2D eigenvalue weighted by molar-refractivity contribution is 0.0946. The van der Waals surface area contributed by atoms with Crippen molar-refractivity contribution in [3.05, 3.63) is 35.4 Å². The van der Waals surface area contributed by atoms with Crippen molar-refractivity contribution in [2.45, 2.75) is 19.8 Å². The van der Waals surface area contributed by atoms with Gasteiger partial charge in [-0.25, -0.2) is 0 Å². The van der Waals surface area contributed by atoms with Crippen LogP contribution in [0, 0.1) is 5.92 Å². The molecule has 2 N–H and O–H groups in total. The van der Waals surface area contributed by atoms with Crippen molar-refractivity contribution in [2.75, 3.05) is 39.8 Å². The highest BCUT2D eigenvalue weighted by Crippen LogP contribution is 2.15. The predicted octanol–water partition coefficient (Wildman–Crippen LogP) is 1.94. The molecule has 124 valence electrons. The van der Waals surface area contributed by atoms with Gasteiger partial charge in [-0.1, -0.05) is 25.1 Å². The van der Waals surface area contributed by atoms with Gasteiger partial charge in [0.25, 0.3) is 5.91 Å². The van der Waals surface area contributed by atoms with E-state index in [0.717, 1.165) is 50.3 Å². The Hall–Kier alpha value is -1.10. The van der Waals surface area contributed by atoms with Crippen molar-refractivity contribution >= 4 is 18.3 Å². The Balaban J connectivity index is 0.00000242. The van der Waals surface area contributed by atoms with Crippen LogP contribution in [0.4, 0.5) is 0 Å². The second kappa shape index (κ2) is 9.82. The summed E-state index contributed by atoms with van der Waals surface area (Å²) in [4.78, 5) is 14.8. The first kappa shape index (κ1) is 18.9. The van der Waals surface area contributed by atoms with Gasteiger partial charge >= 0.3 is 0 Å². The molecule has 0 aliphatic carbocycles. The molecule has 1 aromatic carbocycles. The topological polar surface area (TPSA) is 44.4 Å².